The molecule has 1 aromatic heterocycles. The fraction of sp³-hybridized carbons (Fsp3) is 0.182. The standard InChI is InChI=1S/C11H12ClN3O/c1-15-9(6-14-11(15)13)7-16-10-4-2-8(12)3-5-10/h2-6H,7H2,1H3,(H2,13,14). The van der Waals surface area contributed by atoms with Gasteiger partial charge in [0.1, 0.15) is 12.4 Å². The molecule has 2 rings (SSSR count). The summed E-state index contributed by atoms with van der Waals surface area (Å²) in [5, 5.41) is 0.692. The van der Waals surface area contributed by atoms with Gasteiger partial charge < -0.3 is 15.0 Å². The summed E-state index contributed by atoms with van der Waals surface area (Å²) < 4.78 is 7.35. The third-order valence-electron chi connectivity index (χ3n) is 2.32. The molecule has 1 heterocycles. The number of anilines is 1. The average Bonchev–Trinajstić information content (AvgIpc) is 2.60. The van der Waals surface area contributed by atoms with Gasteiger partial charge in [0.15, 0.2) is 5.95 Å². The molecule has 2 aromatic rings. The molecule has 0 radical (unpaired) electrons. The first-order valence-corrected chi connectivity index (χ1v) is 5.19. The molecule has 0 aliphatic heterocycles. The third kappa shape index (κ3) is 2.28. The topological polar surface area (TPSA) is 53.1 Å². The molecule has 0 amide bonds. The second-order valence-electron chi connectivity index (χ2n) is 3.41. The third-order valence-corrected chi connectivity index (χ3v) is 2.57. The fourth-order valence-electron chi connectivity index (χ4n) is 1.28. The van der Waals surface area contributed by atoms with Crippen molar-refractivity contribution >= 4 is 17.5 Å². The van der Waals surface area contributed by atoms with Crippen molar-refractivity contribution in [3.63, 3.8) is 0 Å². The van der Waals surface area contributed by atoms with Crippen LogP contribution in [0.25, 0.3) is 0 Å². The van der Waals surface area contributed by atoms with E-state index in [1.54, 1.807) is 22.9 Å². The Balaban J connectivity index is 2.02. The zero-order valence-electron chi connectivity index (χ0n) is 8.85. The molecule has 1 aromatic carbocycles. The summed E-state index contributed by atoms with van der Waals surface area (Å²) in [5.74, 6) is 1.25. The van der Waals surface area contributed by atoms with Crippen LogP contribution in [0.3, 0.4) is 0 Å². The van der Waals surface area contributed by atoms with Crippen molar-refractivity contribution in [3.05, 3.63) is 41.2 Å². The first-order chi connectivity index (χ1) is 7.66. The van der Waals surface area contributed by atoms with Gasteiger partial charge in [-0.25, -0.2) is 4.98 Å². The van der Waals surface area contributed by atoms with E-state index in [0.717, 1.165) is 11.4 Å². The number of aromatic nitrogens is 2. The number of nitrogens with two attached hydrogens (primary N) is 1. The van der Waals surface area contributed by atoms with E-state index in [4.69, 9.17) is 22.1 Å². The lowest BCUT2D eigenvalue weighted by Crippen LogP contribution is -2.04. The largest absolute Gasteiger partial charge is 0.487 e. The first-order valence-electron chi connectivity index (χ1n) is 4.81. The maximum atomic E-state index is 5.77. The highest BCUT2D eigenvalue weighted by atomic mass is 35.5. The predicted octanol–water partition coefficient (Wildman–Crippen LogP) is 2.23. The highest BCUT2D eigenvalue weighted by Gasteiger charge is 2.03. The highest BCUT2D eigenvalue weighted by molar-refractivity contribution is 6.30. The monoisotopic (exact) mass is 237 g/mol. The molecule has 2 N–H and O–H groups in total. The van der Waals surface area contributed by atoms with Crippen LogP contribution >= 0.6 is 11.6 Å². The van der Waals surface area contributed by atoms with Crippen LogP contribution in [-0.4, -0.2) is 9.55 Å². The number of ether oxygens (including phenoxy) is 1. The highest BCUT2D eigenvalue weighted by Crippen LogP contribution is 2.17. The van der Waals surface area contributed by atoms with E-state index in [-0.39, 0.29) is 0 Å². The maximum Gasteiger partial charge on any atom is 0.200 e. The zero-order chi connectivity index (χ0) is 11.5. The molecule has 0 fully saturated rings. The van der Waals surface area contributed by atoms with Gasteiger partial charge in [0.25, 0.3) is 0 Å². The summed E-state index contributed by atoms with van der Waals surface area (Å²) in [6, 6.07) is 7.22. The number of rotatable bonds is 3. The number of benzene rings is 1. The molecule has 0 aliphatic carbocycles. The van der Waals surface area contributed by atoms with Crippen molar-refractivity contribution < 1.29 is 4.74 Å². The molecule has 0 unspecified atom stereocenters. The van der Waals surface area contributed by atoms with Crippen LogP contribution in [-0.2, 0) is 13.7 Å². The number of hydrogen-bond acceptors (Lipinski definition) is 3. The van der Waals surface area contributed by atoms with E-state index in [1.807, 2.05) is 19.2 Å². The van der Waals surface area contributed by atoms with Gasteiger partial charge in [-0.1, -0.05) is 11.6 Å². The minimum absolute atomic E-state index is 0.433. The summed E-state index contributed by atoms with van der Waals surface area (Å²) in [5.41, 5.74) is 6.53. The Bertz CT molecular complexity index is 478. The number of imidazole rings is 1. The van der Waals surface area contributed by atoms with E-state index in [0.29, 0.717) is 17.6 Å². The van der Waals surface area contributed by atoms with E-state index < -0.39 is 0 Å². The van der Waals surface area contributed by atoms with Crippen molar-refractivity contribution in [2.24, 2.45) is 7.05 Å². The molecule has 0 aliphatic rings. The van der Waals surface area contributed by atoms with Crippen molar-refractivity contribution in [3.8, 4) is 5.75 Å². The molecule has 0 atom stereocenters. The van der Waals surface area contributed by atoms with Crippen LogP contribution in [0.5, 0.6) is 5.75 Å². The smallest absolute Gasteiger partial charge is 0.200 e. The Morgan fingerprint density at radius 1 is 1.38 bits per heavy atom. The van der Waals surface area contributed by atoms with Gasteiger partial charge in [-0.05, 0) is 24.3 Å². The molecule has 0 spiro atoms. The summed E-state index contributed by atoms with van der Waals surface area (Å²) in [4.78, 5) is 3.98. The van der Waals surface area contributed by atoms with Gasteiger partial charge in [-0.15, -0.1) is 0 Å². The molecular formula is C11H12ClN3O. The quantitative estimate of drug-likeness (QED) is 0.891. The lowest BCUT2D eigenvalue weighted by molar-refractivity contribution is 0.297. The van der Waals surface area contributed by atoms with Gasteiger partial charge in [-0.2, -0.15) is 0 Å². The molecule has 4 nitrogen and oxygen atoms in total. The molecule has 5 heteroatoms. The average molecular weight is 238 g/mol. The predicted molar refractivity (Wildman–Crippen MR) is 63.4 cm³/mol. The van der Waals surface area contributed by atoms with Crippen molar-refractivity contribution in [2.75, 3.05) is 5.73 Å². The van der Waals surface area contributed by atoms with Crippen LogP contribution in [0.15, 0.2) is 30.5 Å². The molecule has 0 saturated carbocycles. The minimum atomic E-state index is 0.433. The maximum absolute atomic E-state index is 5.77. The van der Waals surface area contributed by atoms with Gasteiger partial charge >= 0.3 is 0 Å². The van der Waals surface area contributed by atoms with E-state index in [1.165, 1.54) is 0 Å². The Morgan fingerprint density at radius 2 is 2.06 bits per heavy atom. The Morgan fingerprint density at radius 3 is 2.62 bits per heavy atom. The van der Waals surface area contributed by atoms with Crippen LogP contribution in [0, 0.1) is 0 Å². The van der Waals surface area contributed by atoms with Gasteiger partial charge in [-0.3, -0.25) is 0 Å². The SMILES string of the molecule is Cn1c(COc2ccc(Cl)cc2)cnc1N. The molecule has 84 valence electrons. The Labute approximate surface area is 98.6 Å². The van der Waals surface area contributed by atoms with E-state index in [2.05, 4.69) is 4.98 Å². The fourth-order valence-corrected chi connectivity index (χ4v) is 1.41. The normalized spacial score (nSPS) is 10.4. The van der Waals surface area contributed by atoms with Crippen molar-refractivity contribution in [1.29, 1.82) is 0 Å². The number of nitrogens with zero attached hydrogens (tertiary/aromatic N) is 2. The van der Waals surface area contributed by atoms with Crippen LogP contribution in [0.1, 0.15) is 5.69 Å². The van der Waals surface area contributed by atoms with Crippen LogP contribution < -0.4 is 10.5 Å². The van der Waals surface area contributed by atoms with Crippen molar-refractivity contribution in [1.82, 2.24) is 9.55 Å². The van der Waals surface area contributed by atoms with Crippen LogP contribution in [0.4, 0.5) is 5.95 Å². The summed E-state index contributed by atoms with van der Waals surface area (Å²) in [6.07, 6.45) is 1.70. The lowest BCUT2D eigenvalue weighted by atomic mass is 10.3. The summed E-state index contributed by atoms with van der Waals surface area (Å²) in [6.45, 7) is 0.433. The Kier molecular flexibility index (Phi) is 3.01. The lowest BCUT2D eigenvalue weighted by Gasteiger charge is -2.06. The van der Waals surface area contributed by atoms with Crippen molar-refractivity contribution in [2.45, 2.75) is 6.61 Å². The number of nitrogen functional groups attached to an aromatic ring is 1. The zero-order valence-corrected chi connectivity index (χ0v) is 9.61. The molecular weight excluding hydrogens is 226 g/mol. The first kappa shape index (κ1) is 10.8. The summed E-state index contributed by atoms with van der Waals surface area (Å²) >= 11 is 5.77. The van der Waals surface area contributed by atoms with Gasteiger partial charge in [0.2, 0.25) is 0 Å². The molecule has 0 saturated heterocycles. The number of halogens is 1. The van der Waals surface area contributed by atoms with Crippen LogP contribution in [0.2, 0.25) is 5.02 Å². The molecule has 0 bridgehead atoms. The number of hydrogen-bond donors (Lipinski definition) is 1. The Hall–Kier alpha value is -1.68. The minimum Gasteiger partial charge on any atom is -0.487 e. The van der Waals surface area contributed by atoms with Gasteiger partial charge in [0, 0.05) is 12.1 Å². The van der Waals surface area contributed by atoms with E-state index in [9.17, 15) is 0 Å². The van der Waals surface area contributed by atoms with Gasteiger partial charge in [0.05, 0.1) is 11.9 Å². The van der Waals surface area contributed by atoms with E-state index >= 15 is 0 Å². The second kappa shape index (κ2) is 4.45. The molecule has 16 heavy (non-hydrogen) atoms. The summed E-state index contributed by atoms with van der Waals surface area (Å²) in [7, 11) is 1.85. The second-order valence-corrected chi connectivity index (χ2v) is 3.85.